The van der Waals surface area contributed by atoms with Gasteiger partial charge in [0, 0.05) is 12.6 Å². The van der Waals surface area contributed by atoms with Crippen LogP contribution in [0.15, 0.2) is 35.7 Å². The Morgan fingerprint density at radius 1 is 1.17 bits per heavy atom. The van der Waals surface area contributed by atoms with E-state index in [1.165, 1.54) is 5.56 Å². The molecule has 0 saturated heterocycles. The van der Waals surface area contributed by atoms with Crippen LogP contribution in [0.5, 0.6) is 0 Å². The first-order chi connectivity index (χ1) is 8.78. The number of nitrogens with zero attached hydrogens (tertiary/aromatic N) is 2. The van der Waals surface area contributed by atoms with Gasteiger partial charge in [0.1, 0.15) is 10.6 Å². The van der Waals surface area contributed by atoms with Crippen molar-refractivity contribution >= 4 is 27.4 Å². The second-order valence-electron chi connectivity index (χ2n) is 4.15. The number of aryl methyl sites for hydroxylation is 1. The Hall–Kier alpha value is -1.94. The van der Waals surface area contributed by atoms with E-state index in [-0.39, 0.29) is 0 Å². The Labute approximate surface area is 110 Å². The lowest BCUT2D eigenvalue weighted by Crippen LogP contribution is -1.97. The van der Waals surface area contributed by atoms with Gasteiger partial charge in [-0.3, -0.25) is 0 Å². The molecule has 18 heavy (non-hydrogen) atoms. The molecule has 4 heteroatoms. The van der Waals surface area contributed by atoms with Gasteiger partial charge < -0.3 is 5.32 Å². The Bertz CT molecular complexity index is 703. The largest absolute Gasteiger partial charge is 0.372 e. The third kappa shape index (κ3) is 1.84. The van der Waals surface area contributed by atoms with Crippen LogP contribution in [0.4, 0.5) is 5.82 Å². The predicted molar refractivity (Wildman–Crippen MR) is 77.1 cm³/mol. The zero-order valence-electron chi connectivity index (χ0n) is 10.3. The van der Waals surface area contributed by atoms with Gasteiger partial charge in [-0.05, 0) is 24.4 Å². The summed E-state index contributed by atoms with van der Waals surface area (Å²) in [5.74, 6) is 1.66. The molecule has 0 bridgehead atoms. The van der Waals surface area contributed by atoms with E-state index in [0.29, 0.717) is 0 Å². The number of aromatic nitrogens is 2. The Kier molecular flexibility index (Phi) is 2.72. The highest BCUT2D eigenvalue weighted by atomic mass is 32.1. The second-order valence-corrected chi connectivity index (χ2v) is 5.05. The lowest BCUT2D eigenvalue weighted by molar-refractivity contribution is 1.22. The Morgan fingerprint density at radius 3 is 2.83 bits per heavy atom. The van der Waals surface area contributed by atoms with E-state index in [9.17, 15) is 0 Å². The first-order valence-corrected chi connectivity index (χ1v) is 6.66. The molecule has 1 N–H and O–H groups in total. The number of thiophene rings is 1. The quantitative estimate of drug-likeness (QED) is 0.758. The molecule has 2 aromatic heterocycles. The van der Waals surface area contributed by atoms with Crippen LogP contribution in [-0.2, 0) is 0 Å². The van der Waals surface area contributed by atoms with Gasteiger partial charge in [0.2, 0.25) is 0 Å². The minimum atomic E-state index is 0.776. The summed E-state index contributed by atoms with van der Waals surface area (Å²) in [4.78, 5) is 10.2. The van der Waals surface area contributed by atoms with Gasteiger partial charge in [-0.25, -0.2) is 9.97 Å². The van der Waals surface area contributed by atoms with Crippen molar-refractivity contribution in [2.24, 2.45) is 0 Å². The molecule has 0 amide bonds. The van der Waals surface area contributed by atoms with Crippen LogP contribution in [0, 0.1) is 6.92 Å². The minimum absolute atomic E-state index is 0.776. The highest BCUT2D eigenvalue weighted by molar-refractivity contribution is 7.16. The average Bonchev–Trinajstić information content (AvgIpc) is 2.85. The van der Waals surface area contributed by atoms with Gasteiger partial charge in [-0.1, -0.05) is 23.8 Å². The molecule has 0 spiro atoms. The molecule has 90 valence electrons. The normalized spacial score (nSPS) is 10.8. The SMILES string of the molecule is CNc1nc(-c2cccc(C)c2)nc2sccc12. The summed E-state index contributed by atoms with van der Waals surface area (Å²) in [6.45, 7) is 2.08. The maximum atomic E-state index is 4.62. The van der Waals surface area contributed by atoms with E-state index in [2.05, 4.69) is 34.3 Å². The second kappa shape index (κ2) is 4.38. The van der Waals surface area contributed by atoms with Crippen LogP contribution in [0.1, 0.15) is 5.56 Å². The van der Waals surface area contributed by atoms with Crippen molar-refractivity contribution in [2.45, 2.75) is 6.92 Å². The van der Waals surface area contributed by atoms with Crippen molar-refractivity contribution in [3.05, 3.63) is 41.3 Å². The summed E-state index contributed by atoms with van der Waals surface area (Å²) in [5, 5.41) is 6.26. The van der Waals surface area contributed by atoms with E-state index >= 15 is 0 Å². The van der Waals surface area contributed by atoms with Crippen molar-refractivity contribution in [2.75, 3.05) is 12.4 Å². The van der Waals surface area contributed by atoms with E-state index < -0.39 is 0 Å². The molecule has 1 aromatic carbocycles. The molecule has 2 heterocycles. The summed E-state index contributed by atoms with van der Waals surface area (Å²) in [7, 11) is 1.89. The third-order valence-electron chi connectivity index (χ3n) is 2.84. The number of benzene rings is 1. The summed E-state index contributed by atoms with van der Waals surface area (Å²) >= 11 is 1.64. The molecule has 0 aliphatic carbocycles. The van der Waals surface area contributed by atoms with Crippen LogP contribution in [0.25, 0.3) is 21.6 Å². The molecule has 3 rings (SSSR count). The van der Waals surface area contributed by atoms with Gasteiger partial charge in [0.25, 0.3) is 0 Å². The minimum Gasteiger partial charge on any atom is -0.372 e. The Balaban J connectivity index is 2.23. The average molecular weight is 255 g/mol. The number of nitrogens with one attached hydrogen (secondary N) is 1. The maximum absolute atomic E-state index is 4.62. The molecule has 3 nitrogen and oxygen atoms in total. The standard InChI is InChI=1S/C14H13N3S/c1-9-4-3-5-10(8-9)12-16-13(15-2)11-6-7-18-14(11)17-12/h3-8H,1-2H3,(H,15,16,17). The number of anilines is 1. The van der Waals surface area contributed by atoms with E-state index in [4.69, 9.17) is 0 Å². The van der Waals surface area contributed by atoms with Crippen molar-refractivity contribution < 1.29 is 0 Å². The van der Waals surface area contributed by atoms with Gasteiger partial charge >= 0.3 is 0 Å². The highest BCUT2D eigenvalue weighted by Crippen LogP contribution is 2.28. The van der Waals surface area contributed by atoms with E-state index in [1.54, 1.807) is 11.3 Å². The summed E-state index contributed by atoms with van der Waals surface area (Å²) in [6, 6.07) is 10.3. The van der Waals surface area contributed by atoms with Crippen LogP contribution < -0.4 is 5.32 Å². The first-order valence-electron chi connectivity index (χ1n) is 5.78. The summed E-state index contributed by atoms with van der Waals surface area (Å²) in [6.07, 6.45) is 0. The molecule has 0 atom stereocenters. The van der Waals surface area contributed by atoms with Crippen LogP contribution >= 0.6 is 11.3 Å². The van der Waals surface area contributed by atoms with Gasteiger partial charge in [0.15, 0.2) is 5.82 Å². The molecule has 0 radical (unpaired) electrons. The maximum Gasteiger partial charge on any atom is 0.163 e. The highest BCUT2D eigenvalue weighted by Gasteiger charge is 2.09. The molecule has 0 aliphatic heterocycles. The molecular weight excluding hydrogens is 242 g/mol. The van der Waals surface area contributed by atoms with Crippen molar-refractivity contribution in [3.63, 3.8) is 0 Å². The third-order valence-corrected chi connectivity index (χ3v) is 3.64. The van der Waals surface area contributed by atoms with Gasteiger partial charge in [-0.15, -0.1) is 11.3 Å². The molecule has 0 unspecified atom stereocenters. The van der Waals surface area contributed by atoms with Crippen molar-refractivity contribution in [3.8, 4) is 11.4 Å². The van der Waals surface area contributed by atoms with Crippen LogP contribution in [-0.4, -0.2) is 17.0 Å². The number of hydrogen-bond acceptors (Lipinski definition) is 4. The summed E-state index contributed by atoms with van der Waals surface area (Å²) < 4.78 is 0. The predicted octanol–water partition coefficient (Wildman–Crippen LogP) is 3.71. The monoisotopic (exact) mass is 255 g/mol. The molecular formula is C14H13N3S. The smallest absolute Gasteiger partial charge is 0.163 e. The zero-order valence-corrected chi connectivity index (χ0v) is 11.1. The van der Waals surface area contributed by atoms with E-state index in [1.807, 2.05) is 30.6 Å². The van der Waals surface area contributed by atoms with Crippen molar-refractivity contribution in [1.29, 1.82) is 0 Å². The van der Waals surface area contributed by atoms with E-state index in [0.717, 1.165) is 27.4 Å². The molecule has 3 aromatic rings. The molecule has 0 fully saturated rings. The van der Waals surface area contributed by atoms with Crippen molar-refractivity contribution in [1.82, 2.24) is 9.97 Å². The zero-order chi connectivity index (χ0) is 12.5. The van der Waals surface area contributed by atoms with Crippen LogP contribution in [0.2, 0.25) is 0 Å². The van der Waals surface area contributed by atoms with Crippen LogP contribution in [0.3, 0.4) is 0 Å². The Morgan fingerprint density at radius 2 is 2.06 bits per heavy atom. The first kappa shape index (κ1) is 11.2. The van der Waals surface area contributed by atoms with Gasteiger partial charge in [-0.2, -0.15) is 0 Å². The lowest BCUT2D eigenvalue weighted by Gasteiger charge is -2.06. The number of fused-ring (bicyclic) bond motifs is 1. The summed E-state index contributed by atoms with van der Waals surface area (Å²) in [5.41, 5.74) is 2.27. The lowest BCUT2D eigenvalue weighted by atomic mass is 10.1. The van der Waals surface area contributed by atoms with Gasteiger partial charge in [0.05, 0.1) is 5.39 Å². The topological polar surface area (TPSA) is 37.8 Å². The fraction of sp³-hybridized carbons (Fsp3) is 0.143. The fourth-order valence-electron chi connectivity index (χ4n) is 1.96. The molecule has 0 aliphatic rings. The fourth-order valence-corrected chi connectivity index (χ4v) is 2.72. The number of hydrogen-bond donors (Lipinski definition) is 1. The molecule has 0 saturated carbocycles. The number of rotatable bonds is 2.